The van der Waals surface area contributed by atoms with Crippen molar-refractivity contribution in [3.63, 3.8) is 0 Å². The lowest BCUT2D eigenvalue weighted by molar-refractivity contribution is -0.110. The second kappa shape index (κ2) is 9.63. The molecule has 3 heteroatoms. The zero-order valence-corrected chi connectivity index (χ0v) is 15.7. The van der Waals surface area contributed by atoms with E-state index in [1.165, 1.54) is 5.56 Å². The number of allylic oxidation sites excluding steroid dienone is 1. The van der Waals surface area contributed by atoms with Crippen LogP contribution < -0.4 is 0 Å². The van der Waals surface area contributed by atoms with Crippen LogP contribution in [-0.2, 0) is 11.2 Å². The number of aliphatic hydroxyl groups excluding tert-OH is 1. The van der Waals surface area contributed by atoms with Crippen LogP contribution >= 0.6 is 0 Å². The van der Waals surface area contributed by atoms with Crippen LogP contribution in [0, 0.1) is 0 Å². The van der Waals surface area contributed by atoms with Gasteiger partial charge in [-0.15, -0.1) is 0 Å². The number of benzene rings is 1. The largest absolute Gasteiger partial charge is 0.384 e. The van der Waals surface area contributed by atoms with Crippen molar-refractivity contribution >= 4 is 13.5 Å². The predicted octanol–water partition coefficient (Wildman–Crippen LogP) is 4.71. The molecule has 0 heterocycles. The molecule has 0 radical (unpaired) electrons. The molecule has 0 aliphatic carbocycles. The average Bonchev–Trinajstić information content (AvgIpc) is 2.60. The highest BCUT2D eigenvalue weighted by molar-refractivity contribution is 7.07. The van der Waals surface area contributed by atoms with Gasteiger partial charge in [-0.3, -0.25) is 0 Å². The van der Waals surface area contributed by atoms with Crippen LogP contribution in [0.5, 0.6) is 0 Å². The Labute approximate surface area is 141 Å². The van der Waals surface area contributed by atoms with E-state index >= 15 is 0 Å². The second-order valence-electron chi connectivity index (χ2n) is 6.09. The van der Waals surface area contributed by atoms with Crippen molar-refractivity contribution in [3.8, 4) is 0 Å². The molecule has 0 bridgehead atoms. The van der Waals surface area contributed by atoms with Crippen molar-refractivity contribution in [3.05, 3.63) is 60.2 Å². The summed E-state index contributed by atoms with van der Waals surface area (Å²) in [7, 11) is -1.98. The van der Waals surface area contributed by atoms with E-state index in [9.17, 15) is 9.90 Å². The molecular weight excluding hydrogens is 300 g/mol. The molecule has 1 atom stereocenters. The highest BCUT2D eigenvalue weighted by Crippen LogP contribution is 2.25. The zero-order chi connectivity index (χ0) is 17.3. The van der Waals surface area contributed by atoms with Gasteiger partial charge in [0.25, 0.3) is 0 Å². The molecule has 0 saturated heterocycles. The minimum Gasteiger partial charge on any atom is -0.384 e. The molecule has 0 spiro atoms. The van der Waals surface area contributed by atoms with Gasteiger partial charge in [0.1, 0.15) is 13.5 Å². The zero-order valence-electron chi connectivity index (χ0n) is 14.7. The Morgan fingerprint density at radius 3 is 2.26 bits per heavy atom. The number of aryl methyl sites for hydroxylation is 1. The van der Waals surface area contributed by atoms with Crippen molar-refractivity contribution in [2.45, 2.75) is 57.8 Å². The van der Waals surface area contributed by atoms with Crippen molar-refractivity contribution in [2.24, 2.45) is 0 Å². The summed E-state index contributed by atoms with van der Waals surface area (Å²) >= 11 is 0. The lowest BCUT2D eigenvalue weighted by atomic mass is 10.1. The van der Waals surface area contributed by atoms with Crippen LogP contribution in [0.3, 0.4) is 0 Å². The fourth-order valence-corrected chi connectivity index (χ4v) is 6.23. The highest BCUT2D eigenvalue weighted by atomic mass is 28.3. The number of carbonyl (C=O) groups excluding carboxylic acids is 1. The quantitative estimate of drug-likeness (QED) is 0.383. The Balaban J connectivity index is 2.59. The second-order valence-corrected chi connectivity index (χ2v) is 11.2. The molecular formula is C20H30O2Si. The summed E-state index contributed by atoms with van der Waals surface area (Å²) in [5.41, 5.74) is 1.65. The van der Waals surface area contributed by atoms with Gasteiger partial charge in [0.15, 0.2) is 0 Å². The van der Waals surface area contributed by atoms with E-state index in [4.69, 9.17) is 0 Å². The Morgan fingerprint density at radius 2 is 1.74 bits per heavy atom. The fourth-order valence-electron chi connectivity index (χ4n) is 2.94. The van der Waals surface area contributed by atoms with Gasteiger partial charge >= 0.3 is 0 Å². The van der Waals surface area contributed by atoms with Gasteiger partial charge in [0.05, 0.1) is 6.10 Å². The van der Waals surface area contributed by atoms with Crippen LogP contribution in [0.15, 0.2) is 54.6 Å². The molecule has 0 aliphatic heterocycles. The summed E-state index contributed by atoms with van der Waals surface area (Å²) in [6, 6.07) is 13.0. The van der Waals surface area contributed by atoms with Crippen LogP contribution in [0.2, 0.25) is 18.1 Å². The Bertz CT molecular complexity index is 522. The summed E-state index contributed by atoms with van der Waals surface area (Å²) in [6.07, 6.45) is 4.59. The van der Waals surface area contributed by atoms with Crippen molar-refractivity contribution < 1.29 is 9.90 Å². The topological polar surface area (TPSA) is 37.3 Å². The van der Waals surface area contributed by atoms with Gasteiger partial charge in [-0.1, -0.05) is 88.0 Å². The van der Waals surface area contributed by atoms with E-state index in [-0.39, 0.29) is 5.41 Å². The van der Waals surface area contributed by atoms with Gasteiger partial charge in [-0.05, 0) is 18.4 Å². The third-order valence-electron chi connectivity index (χ3n) is 4.92. The van der Waals surface area contributed by atoms with E-state index in [1.54, 1.807) is 6.08 Å². The van der Waals surface area contributed by atoms with Crippen LogP contribution in [0.25, 0.3) is 0 Å². The first kappa shape index (κ1) is 19.6. The molecule has 1 aromatic rings. The Kier molecular flexibility index (Phi) is 8.21. The fraction of sp³-hybridized carbons (Fsp3) is 0.450. The average molecular weight is 331 g/mol. The molecule has 0 saturated carbocycles. The summed E-state index contributed by atoms with van der Waals surface area (Å²) in [5.74, 6) is 0. The molecule has 0 aromatic heterocycles. The van der Waals surface area contributed by atoms with Gasteiger partial charge < -0.3 is 9.90 Å². The predicted molar refractivity (Wildman–Crippen MR) is 101 cm³/mol. The summed E-state index contributed by atoms with van der Waals surface area (Å²) in [5, 5.41) is 10.4. The lowest BCUT2D eigenvalue weighted by Gasteiger charge is -2.27. The Morgan fingerprint density at radius 1 is 1.17 bits per heavy atom. The molecule has 1 aromatic carbocycles. The summed E-state index contributed by atoms with van der Waals surface area (Å²) < 4.78 is 0. The van der Waals surface area contributed by atoms with Crippen molar-refractivity contribution in [1.29, 1.82) is 0 Å². The lowest BCUT2D eigenvalue weighted by Crippen LogP contribution is -2.44. The molecule has 126 valence electrons. The van der Waals surface area contributed by atoms with Gasteiger partial charge in [0.2, 0.25) is 0 Å². The molecule has 0 amide bonds. The number of aliphatic hydroxyl groups is 1. The molecule has 1 rings (SSSR count). The van der Waals surface area contributed by atoms with Crippen molar-refractivity contribution in [1.82, 2.24) is 0 Å². The molecule has 2 nitrogen and oxygen atoms in total. The van der Waals surface area contributed by atoms with E-state index in [0.29, 0.717) is 5.57 Å². The number of rotatable bonds is 10. The first-order valence-electron chi connectivity index (χ1n) is 8.63. The van der Waals surface area contributed by atoms with Gasteiger partial charge in [-0.2, -0.15) is 0 Å². The monoisotopic (exact) mass is 330 g/mol. The number of hydrogen-bond acceptors (Lipinski definition) is 2. The normalized spacial score (nSPS) is 13.2. The number of carbonyl (C=O) groups is 1. The van der Waals surface area contributed by atoms with E-state index in [2.05, 4.69) is 39.5 Å². The third kappa shape index (κ3) is 5.29. The van der Waals surface area contributed by atoms with E-state index in [0.717, 1.165) is 31.0 Å². The minimum absolute atomic E-state index is 0.144. The maximum atomic E-state index is 12.7. The SMILES string of the molecule is C=C(C(=O)[Si](CC)(CC)CC)C(O)C=CCCc1ccccc1. The molecule has 1 N–H and O–H groups in total. The first-order chi connectivity index (χ1) is 11.0. The minimum atomic E-state index is -1.98. The maximum Gasteiger partial charge on any atom is 0.139 e. The molecule has 23 heavy (non-hydrogen) atoms. The van der Waals surface area contributed by atoms with Crippen LogP contribution in [0.1, 0.15) is 32.8 Å². The standard InChI is InChI=1S/C20H30O2Si/c1-5-23(6-2,7-3)20(22)17(4)19(21)16-12-11-15-18-13-9-8-10-14-18/h8-10,12-14,16,19,21H,4-7,11,15H2,1-3H3. The summed E-state index contributed by atoms with van der Waals surface area (Å²) in [4.78, 5) is 12.7. The maximum absolute atomic E-state index is 12.7. The molecule has 1 unspecified atom stereocenters. The van der Waals surface area contributed by atoms with E-state index in [1.807, 2.05) is 24.3 Å². The third-order valence-corrected chi connectivity index (χ3v) is 10.3. The van der Waals surface area contributed by atoms with Crippen molar-refractivity contribution in [2.75, 3.05) is 0 Å². The number of hydrogen-bond donors (Lipinski definition) is 1. The van der Waals surface area contributed by atoms with Crippen LogP contribution in [-0.4, -0.2) is 24.7 Å². The smallest absolute Gasteiger partial charge is 0.139 e. The summed E-state index contributed by atoms with van der Waals surface area (Å²) in [6.45, 7) is 10.2. The highest BCUT2D eigenvalue weighted by Gasteiger charge is 2.38. The van der Waals surface area contributed by atoms with Gasteiger partial charge in [0, 0.05) is 5.57 Å². The van der Waals surface area contributed by atoms with Gasteiger partial charge in [-0.25, -0.2) is 0 Å². The Hall–Kier alpha value is -1.45. The van der Waals surface area contributed by atoms with E-state index < -0.39 is 14.2 Å². The first-order valence-corrected chi connectivity index (χ1v) is 11.2. The molecule has 0 fully saturated rings. The molecule has 0 aliphatic rings. The van der Waals surface area contributed by atoms with Crippen LogP contribution in [0.4, 0.5) is 0 Å².